The van der Waals surface area contributed by atoms with Crippen molar-refractivity contribution < 1.29 is 0 Å². The van der Waals surface area contributed by atoms with Gasteiger partial charge in [-0.15, -0.1) is 11.3 Å². The second kappa shape index (κ2) is 5.63. The maximum Gasteiger partial charge on any atom is 0.0931 e. The van der Waals surface area contributed by atoms with Gasteiger partial charge >= 0.3 is 0 Å². The average Bonchev–Trinajstić information content (AvgIpc) is 2.76. The predicted molar refractivity (Wildman–Crippen MR) is 82.1 cm³/mol. The fourth-order valence-electron chi connectivity index (χ4n) is 1.85. The quantitative estimate of drug-likeness (QED) is 0.878. The predicted octanol–water partition coefficient (Wildman–Crippen LogP) is 4.64. The van der Waals surface area contributed by atoms with Crippen molar-refractivity contribution >= 4 is 34.3 Å². The Bertz CT molecular complexity index is 522. The molecule has 0 radical (unpaired) electrons. The highest BCUT2D eigenvalue weighted by Crippen LogP contribution is 2.30. The van der Waals surface area contributed by atoms with E-state index in [1.54, 1.807) is 11.3 Å². The van der Waals surface area contributed by atoms with E-state index < -0.39 is 0 Å². The van der Waals surface area contributed by atoms with E-state index in [1.807, 2.05) is 32.3 Å². The van der Waals surface area contributed by atoms with E-state index in [1.165, 1.54) is 11.3 Å². The molecule has 4 heteroatoms. The van der Waals surface area contributed by atoms with Crippen molar-refractivity contribution in [3.63, 3.8) is 0 Å². The summed E-state index contributed by atoms with van der Waals surface area (Å²) < 4.78 is 0.833. The Morgan fingerprint density at radius 3 is 2.61 bits per heavy atom. The first kappa shape index (κ1) is 13.2. The summed E-state index contributed by atoms with van der Waals surface area (Å²) >= 11 is 7.54. The van der Waals surface area contributed by atoms with E-state index in [-0.39, 0.29) is 6.04 Å². The Kier molecular flexibility index (Phi) is 4.15. The monoisotopic (exact) mass is 280 g/mol. The van der Waals surface area contributed by atoms with Crippen molar-refractivity contribution in [3.05, 3.63) is 45.6 Å². The number of nitrogens with one attached hydrogen (secondary N) is 1. The van der Waals surface area contributed by atoms with Crippen LogP contribution in [0.25, 0.3) is 0 Å². The minimum Gasteiger partial charge on any atom is -0.377 e. The summed E-state index contributed by atoms with van der Waals surface area (Å²) in [5.41, 5.74) is 3.54. The summed E-state index contributed by atoms with van der Waals surface area (Å²) in [6, 6.07) is 10.6. The topological polar surface area (TPSA) is 15.3 Å². The van der Waals surface area contributed by atoms with Gasteiger partial charge in [0.1, 0.15) is 0 Å². The molecular weight excluding hydrogens is 264 g/mol. The van der Waals surface area contributed by atoms with Gasteiger partial charge in [0.2, 0.25) is 0 Å². The van der Waals surface area contributed by atoms with Crippen LogP contribution in [0.4, 0.5) is 11.4 Å². The lowest BCUT2D eigenvalue weighted by Crippen LogP contribution is -2.13. The maximum atomic E-state index is 5.97. The van der Waals surface area contributed by atoms with Gasteiger partial charge in [-0.25, -0.2) is 0 Å². The van der Waals surface area contributed by atoms with Crippen LogP contribution >= 0.6 is 22.9 Å². The molecule has 1 atom stereocenters. The van der Waals surface area contributed by atoms with Gasteiger partial charge in [-0.3, -0.25) is 0 Å². The van der Waals surface area contributed by atoms with Crippen LogP contribution in [0.15, 0.2) is 35.7 Å². The van der Waals surface area contributed by atoms with Gasteiger partial charge in [-0.1, -0.05) is 23.7 Å². The number of hydrogen-bond acceptors (Lipinski definition) is 3. The minimum absolute atomic E-state index is 0.245. The highest BCUT2D eigenvalue weighted by atomic mass is 35.5. The van der Waals surface area contributed by atoms with Gasteiger partial charge in [0.25, 0.3) is 0 Å². The third-order valence-corrected chi connectivity index (χ3v) is 3.96. The average molecular weight is 281 g/mol. The summed E-state index contributed by atoms with van der Waals surface area (Å²) in [7, 11) is 4.10. The second-order valence-electron chi connectivity index (χ2n) is 4.46. The highest BCUT2D eigenvalue weighted by Gasteiger charge is 2.10. The number of anilines is 2. The molecule has 0 saturated carbocycles. The van der Waals surface area contributed by atoms with Crippen molar-refractivity contribution in [2.45, 2.75) is 13.0 Å². The van der Waals surface area contributed by atoms with Crippen molar-refractivity contribution in [1.82, 2.24) is 0 Å². The van der Waals surface area contributed by atoms with Crippen LogP contribution in [-0.2, 0) is 0 Å². The molecule has 0 bridgehead atoms. The second-order valence-corrected chi connectivity index (χ2v) is 6.00. The van der Waals surface area contributed by atoms with E-state index in [2.05, 4.69) is 34.7 Å². The van der Waals surface area contributed by atoms with Crippen molar-refractivity contribution in [3.8, 4) is 0 Å². The fraction of sp³-hybridized carbons (Fsp3) is 0.286. The molecule has 0 fully saturated rings. The first-order valence-corrected chi connectivity index (χ1v) is 7.10. The van der Waals surface area contributed by atoms with Crippen LogP contribution in [0.5, 0.6) is 0 Å². The van der Waals surface area contributed by atoms with Crippen molar-refractivity contribution in [1.29, 1.82) is 0 Å². The molecule has 2 rings (SSSR count). The molecule has 96 valence electrons. The molecule has 1 N–H and O–H groups in total. The van der Waals surface area contributed by atoms with E-state index in [9.17, 15) is 0 Å². The molecule has 1 aromatic carbocycles. The number of thiophene rings is 1. The Morgan fingerprint density at radius 2 is 2.00 bits per heavy atom. The van der Waals surface area contributed by atoms with Crippen molar-refractivity contribution in [2.75, 3.05) is 24.3 Å². The van der Waals surface area contributed by atoms with Gasteiger partial charge in [-0.05, 0) is 36.1 Å². The van der Waals surface area contributed by atoms with Crippen LogP contribution in [0.1, 0.15) is 18.5 Å². The molecule has 0 amide bonds. The molecule has 0 saturated heterocycles. The standard InChI is InChI=1S/C14H17ClN2S/c1-10(11-8-14(15)18-9-11)16-12-6-4-5-7-13(12)17(2)3/h4-10,16H,1-3H3. The van der Waals surface area contributed by atoms with Crippen molar-refractivity contribution in [2.24, 2.45) is 0 Å². The van der Waals surface area contributed by atoms with Gasteiger partial charge in [0, 0.05) is 20.1 Å². The third kappa shape index (κ3) is 2.98. The minimum atomic E-state index is 0.245. The third-order valence-electron chi connectivity index (χ3n) is 2.85. The summed E-state index contributed by atoms with van der Waals surface area (Å²) in [6.07, 6.45) is 0. The number of para-hydroxylation sites is 2. The summed E-state index contributed by atoms with van der Waals surface area (Å²) in [5.74, 6) is 0. The molecule has 1 aromatic heterocycles. The molecule has 1 heterocycles. The van der Waals surface area contributed by atoms with E-state index in [0.29, 0.717) is 0 Å². The summed E-state index contributed by atoms with van der Waals surface area (Å²) in [6.45, 7) is 2.14. The fourth-order valence-corrected chi connectivity index (χ4v) is 2.84. The molecule has 0 aliphatic rings. The zero-order valence-corrected chi connectivity index (χ0v) is 12.3. The number of benzene rings is 1. The van der Waals surface area contributed by atoms with E-state index in [0.717, 1.165) is 10.0 Å². The summed E-state index contributed by atoms with van der Waals surface area (Å²) in [5, 5.41) is 5.62. The lowest BCUT2D eigenvalue weighted by Gasteiger charge is -2.21. The smallest absolute Gasteiger partial charge is 0.0931 e. The van der Waals surface area contributed by atoms with Gasteiger partial charge in [0.05, 0.1) is 15.7 Å². The largest absolute Gasteiger partial charge is 0.377 e. The molecule has 0 spiro atoms. The first-order chi connectivity index (χ1) is 8.58. The molecular formula is C14H17ClN2S. The van der Waals surface area contributed by atoms with Crippen LogP contribution in [0.3, 0.4) is 0 Å². The van der Waals surface area contributed by atoms with Crippen LogP contribution < -0.4 is 10.2 Å². The van der Waals surface area contributed by atoms with E-state index in [4.69, 9.17) is 11.6 Å². The first-order valence-electron chi connectivity index (χ1n) is 5.84. The lowest BCUT2D eigenvalue weighted by atomic mass is 10.1. The lowest BCUT2D eigenvalue weighted by molar-refractivity contribution is 0.888. The molecule has 18 heavy (non-hydrogen) atoms. The van der Waals surface area contributed by atoms with Gasteiger partial charge in [0.15, 0.2) is 0 Å². The number of hydrogen-bond donors (Lipinski definition) is 1. The molecule has 0 aliphatic heterocycles. The Labute approximate surface area is 117 Å². The highest BCUT2D eigenvalue weighted by molar-refractivity contribution is 7.14. The van der Waals surface area contributed by atoms with Crippen LogP contribution in [0.2, 0.25) is 4.34 Å². The maximum absolute atomic E-state index is 5.97. The van der Waals surface area contributed by atoms with Gasteiger partial charge < -0.3 is 10.2 Å². The van der Waals surface area contributed by atoms with E-state index >= 15 is 0 Å². The molecule has 1 unspecified atom stereocenters. The Hall–Kier alpha value is -1.19. The molecule has 0 aliphatic carbocycles. The van der Waals surface area contributed by atoms with Gasteiger partial charge in [-0.2, -0.15) is 0 Å². The number of nitrogens with zero attached hydrogens (tertiary/aromatic N) is 1. The Balaban J connectivity index is 2.19. The SMILES string of the molecule is CC(Nc1ccccc1N(C)C)c1csc(Cl)c1. The number of rotatable bonds is 4. The van der Waals surface area contributed by atoms with Crippen LogP contribution in [-0.4, -0.2) is 14.1 Å². The summed E-state index contributed by atoms with van der Waals surface area (Å²) in [4.78, 5) is 2.11. The normalized spacial score (nSPS) is 12.2. The molecule has 2 aromatic rings. The molecule has 2 nitrogen and oxygen atoms in total. The number of halogens is 1. The Morgan fingerprint density at radius 1 is 1.28 bits per heavy atom. The zero-order chi connectivity index (χ0) is 13.1. The zero-order valence-electron chi connectivity index (χ0n) is 10.8. The van der Waals surface area contributed by atoms with Crippen LogP contribution in [0, 0.1) is 0 Å².